The standard InChI is InChI=1S/C36H44F3N3O/c1-26-4-2-3-5-27(7-6-26)25-41-20-16-30(17-21-41)40-35-15-8-28-24-33(13-14-34(28)35)43-32-18-22-42(23-19-32)31-11-9-29(10-12-31)36(37,38)39/h3,5-7,9-14,24,30,32,35,40H,2,4,8,15-23,25H2,1H3. The smallest absolute Gasteiger partial charge is 0.416 e. The fourth-order valence-corrected chi connectivity index (χ4v) is 6.97. The van der Waals surface area contributed by atoms with Gasteiger partial charge in [-0.05, 0) is 112 Å². The molecule has 0 radical (unpaired) electrons. The summed E-state index contributed by atoms with van der Waals surface area (Å²) in [5.74, 6) is 0.934. The first-order chi connectivity index (χ1) is 20.8. The molecule has 2 saturated heterocycles. The summed E-state index contributed by atoms with van der Waals surface area (Å²) >= 11 is 0. The van der Waals surface area contributed by atoms with Crippen LogP contribution in [0.15, 0.2) is 77.9 Å². The van der Waals surface area contributed by atoms with E-state index >= 15 is 0 Å². The first kappa shape index (κ1) is 30.0. The fraction of sp³-hybridized carbons (Fsp3) is 0.500. The van der Waals surface area contributed by atoms with Gasteiger partial charge in [0.15, 0.2) is 0 Å². The number of hydrogen-bond donors (Lipinski definition) is 1. The molecule has 0 saturated carbocycles. The van der Waals surface area contributed by atoms with Crippen LogP contribution in [0.2, 0.25) is 0 Å². The van der Waals surface area contributed by atoms with Crippen LogP contribution in [0.3, 0.4) is 0 Å². The third kappa shape index (κ3) is 7.74. The largest absolute Gasteiger partial charge is 0.490 e. The van der Waals surface area contributed by atoms with E-state index in [4.69, 9.17) is 4.74 Å². The highest BCUT2D eigenvalue weighted by molar-refractivity contribution is 5.48. The number of piperidine rings is 2. The van der Waals surface area contributed by atoms with Crippen molar-refractivity contribution in [2.75, 3.05) is 37.6 Å². The minimum atomic E-state index is -4.30. The number of alkyl halides is 3. The number of halogens is 3. The van der Waals surface area contributed by atoms with E-state index in [2.05, 4.69) is 64.5 Å². The van der Waals surface area contributed by atoms with E-state index in [1.54, 1.807) is 12.1 Å². The van der Waals surface area contributed by atoms with E-state index in [0.717, 1.165) is 82.7 Å². The molecule has 230 valence electrons. The summed E-state index contributed by atoms with van der Waals surface area (Å²) in [5.41, 5.74) is 5.91. The number of anilines is 1. The summed E-state index contributed by atoms with van der Waals surface area (Å²) in [5, 5.41) is 3.98. The number of rotatable bonds is 7. The second kappa shape index (κ2) is 13.3. The van der Waals surface area contributed by atoms with Crippen molar-refractivity contribution in [2.45, 2.75) is 82.7 Å². The number of nitrogens with one attached hydrogen (secondary N) is 1. The second-order valence-corrected chi connectivity index (χ2v) is 12.7. The van der Waals surface area contributed by atoms with Gasteiger partial charge in [-0.2, -0.15) is 13.2 Å². The Morgan fingerprint density at radius 1 is 0.884 bits per heavy atom. The molecular formula is C36H44F3N3O. The minimum Gasteiger partial charge on any atom is -0.490 e. The van der Waals surface area contributed by atoms with Crippen LogP contribution < -0.4 is 15.0 Å². The number of likely N-dealkylation sites (tertiary alicyclic amines) is 1. The zero-order valence-corrected chi connectivity index (χ0v) is 25.2. The SMILES string of the molecule is CC1=CC=C(CN2CCC(NC3CCc4cc(OC5CCN(c6ccc(C(F)(F)F)cc6)CC5)ccc43)CC2)C=CCC1. The van der Waals surface area contributed by atoms with E-state index in [0.29, 0.717) is 12.1 Å². The maximum absolute atomic E-state index is 12.9. The Bertz CT molecular complexity index is 1330. The molecule has 1 atom stereocenters. The van der Waals surface area contributed by atoms with Crippen molar-refractivity contribution in [2.24, 2.45) is 0 Å². The van der Waals surface area contributed by atoms with Gasteiger partial charge >= 0.3 is 6.18 Å². The van der Waals surface area contributed by atoms with Gasteiger partial charge < -0.3 is 15.0 Å². The van der Waals surface area contributed by atoms with Crippen molar-refractivity contribution in [3.63, 3.8) is 0 Å². The van der Waals surface area contributed by atoms with E-state index < -0.39 is 11.7 Å². The normalized spacial score (nSPS) is 22.5. The quantitative estimate of drug-likeness (QED) is 0.353. The number of fused-ring (bicyclic) bond motifs is 1. The number of benzene rings is 2. The summed E-state index contributed by atoms with van der Waals surface area (Å²) in [6.07, 6.45) is 13.6. The number of nitrogens with zero attached hydrogens (tertiary/aromatic N) is 2. The van der Waals surface area contributed by atoms with Crippen LogP contribution >= 0.6 is 0 Å². The molecule has 2 aliphatic carbocycles. The molecule has 4 nitrogen and oxygen atoms in total. The van der Waals surface area contributed by atoms with Crippen molar-refractivity contribution in [1.29, 1.82) is 0 Å². The van der Waals surface area contributed by atoms with E-state index in [9.17, 15) is 13.2 Å². The summed E-state index contributed by atoms with van der Waals surface area (Å²) in [7, 11) is 0. The van der Waals surface area contributed by atoms with Gasteiger partial charge in [0.25, 0.3) is 0 Å². The number of allylic oxidation sites excluding steroid dienone is 4. The number of aryl methyl sites for hydroxylation is 1. The van der Waals surface area contributed by atoms with Crippen LogP contribution in [0.4, 0.5) is 18.9 Å². The van der Waals surface area contributed by atoms with Crippen molar-refractivity contribution in [3.8, 4) is 5.75 Å². The molecule has 2 aromatic rings. The van der Waals surface area contributed by atoms with Crippen LogP contribution in [0.5, 0.6) is 5.75 Å². The Balaban J connectivity index is 0.957. The van der Waals surface area contributed by atoms with Gasteiger partial charge in [-0.3, -0.25) is 4.90 Å². The van der Waals surface area contributed by atoms with Crippen LogP contribution in [-0.4, -0.2) is 49.8 Å². The topological polar surface area (TPSA) is 27.7 Å². The molecule has 2 aromatic carbocycles. The summed E-state index contributed by atoms with van der Waals surface area (Å²) in [6.45, 7) is 7.08. The third-order valence-electron chi connectivity index (χ3n) is 9.55. The van der Waals surface area contributed by atoms with Crippen LogP contribution in [0.1, 0.15) is 74.6 Å². The summed E-state index contributed by atoms with van der Waals surface area (Å²) in [6, 6.07) is 13.1. The third-order valence-corrected chi connectivity index (χ3v) is 9.55. The molecule has 6 rings (SSSR count). The minimum absolute atomic E-state index is 0.123. The van der Waals surface area contributed by atoms with Gasteiger partial charge in [-0.15, -0.1) is 0 Å². The summed E-state index contributed by atoms with van der Waals surface area (Å²) < 4.78 is 45.1. The lowest BCUT2D eigenvalue weighted by Crippen LogP contribution is -2.43. The lowest BCUT2D eigenvalue weighted by molar-refractivity contribution is -0.137. The van der Waals surface area contributed by atoms with E-state index in [1.807, 2.05) is 0 Å². The molecule has 1 N–H and O–H groups in total. The molecule has 43 heavy (non-hydrogen) atoms. The molecule has 7 heteroatoms. The van der Waals surface area contributed by atoms with Gasteiger partial charge in [-0.1, -0.05) is 35.9 Å². The molecule has 1 unspecified atom stereocenters. The number of ether oxygens (including phenoxy) is 1. The Labute approximate surface area is 254 Å². The Kier molecular flexibility index (Phi) is 9.29. The maximum Gasteiger partial charge on any atom is 0.416 e. The van der Waals surface area contributed by atoms with Crippen LogP contribution in [-0.2, 0) is 12.6 Å². The summed E-state index contributed by atoms with van der Waals surface area (Å²) in [4.78, 5) is 4.74. The molecule has 0 amide bonds. The maximum atomic E-state index is 12.9. The average molecular weight is 592 g/mol. The first-order valence-corrected chi connectivity index (χ1v) is 16.0. The van der Waals surface area contributed by atoms with Crippen LogP contribution in [0, 0.1) is 0 Å². The molecule has 0 spiro atoms. The lowest BCUT2D eigenvalue weighted by atomic mass is 10.0. The van der Waals surface area contributed by atoms with Gasteiger partial charge in [0.05, 0.1) is 5.56 Å². The molecule has 0 aromatic heterocycles. The second-order valence-electron chi connectivity index (χ2n) is 12.7. The average Bonchev–Trinajstić information content (AvgIpc) is 3.39. The molecular weight excluding hydrogens is 547 g/mol. The Morgan fingerprint density at radius 3 is 2.40 bits per heavy atom. The predicted octanol–water partition coefficient (Wildman–Crippen LogP) is 8.02. The van der Waals surface area contributed by atoms with Gasteiger partial charge in [0.1, 0.15) is 11.9 Å². The van der Waals surface area contributed by atoms with E-state index in [-0.39, 0.29) is 6.10 Å². The Hall–Kier alpha value is -3.03. The molecule has 4 aliphatic rings. The number of hydrogen-bond acceptors (Lipinski definition) is 4. The highest BCUT2D eigenvalue weighted by atomic mass is 19.4. The van der Waals surface area contributed by atoms with Crippen molar-refractivity contribution in [1.82, 2.24) is 10.2 Å². The first-order valence-electron chi connectivity index (χ1n) is 16.0. The Morgan fingerprint density at radius 2 is 1.65 bits per heavy atom. The van der Waals surface area contributed by atoms with Crippen molar-refractivity contribution < 1.29 is 17.9 Å². The molecule has 2 fully saturated rings. The lowest BCUT2D eigenvalue weighted by Gasteiger charge is -2.34. The predicted molar refractivity (Wildman–Crippen MR) is 168 cm³/mol. The van der Waals surface area contributed by atoms with E-state index in [1.165, 1.54) is 47.2 Å². The highest BCUT2D eigenvalue weighted by Crippen LogP contribution is 2.36. The van der Waals surface area contributed by atoms with Gasteiger partial charge in [0, 0.05) is 50.2 Å². The molecule has 2 aliphatic heterocycles. The van der Waals surface area contributed by atoms with Crippen molar-refractivity contribution >= 4 is 5.69 Å². The monoisotopic (exact) mass is 591 g/mol. The van der Waals surface area contributed by atoms with Crippen molar-refractivity contribution in [3.05, 3.63) is 94.6 Å². The molecule has 2 heterocycles. The van der Waals surface area contributed by atoms with Crippen LogP contribution in [0.25, 0.3) is 0 Å². The molecule has 0 bridgehead atoms. The van der Waals surface area contributed by atoms with Gasteiger partial charge in [-0.25, -0.2) is 0 Å². The van der Waals surface area contributed by atoms with Gasteiger partial charge in [0.2, 0.25) is 0 Å². The highest BCUT2D eigenvalue weighted by Gasteiger charge is 2.31. The zero-order valence-electron chi connectivity index (χ0n) is 25.2. The zero-order chi connectivity index (χ0) is 29.8. The fourth-order valence-electron chi connectivity index (χ4n) is 6.97.